The standard InChI is InChI=1S/C5H9O3PS/c1-4-5-8-9(10,6-2)7-3/h1H,5H2,2-3H3. The maximum atomic E-state index is 4.93. The van der Waals surface area contributed by atoms with Crippen molar-refractivity contribution in [2.75, 3.05) is 20.8 Å². The zero-order chi connectivity index (χ0) is 8.04. The van der Waals surface area contributed by atoms with Crippen LogP contribution in [-0.4, -0.2) is 20.8 Å². The van der Waals surface area contributed by atoms with Gasteiger partial charge in [0.15, 0.2) is 0 Å². The summed E-state index contributed by atoms with van der Waals surface area (Å²) < 4.78 is 14.5. The summed E-state index contributed by atoms with van der Waals surface area (Å²) >= 11 is 4.82. The number of hydrogen-bond acceptors (Lipinski definition) is 4. The summed E-state index contributed by atoms with van der Waals surface area (Å²) in [6.45, 7) is -2.38. The summed E-state index contributed by atoms with van der Waals surface area (Å²) in [7, 11) is 2.86. The van der Waals surface area contributed by atoms with E-state index in [4.69, 9.17) is 31.8 Å². The largest absolute Gasteiger partial charge is 0.327 e. The first-order valence-corrected chi connectivity index (χ1v) is 5.03. The van der Waals surface area contributed by atoms with E-state index in [0.29, 0.717) is 0 Å². The number of rotatable bonds is 4. The van der Waals surface area contributed by atoms with Crippen molar-refractivity contribution >= 4 is 18.5 Å². The SMILES string of the molecule is C#CCOP(=S)(OC)OC. The normalized spacial score (nSPS) is 10.9. The zero-order valence-electron chi connectivity index (χ0n) is 5.86. The van der Waals surface area contributed by atoms with Gasteiger partial charge in [-0.3, -0.25) is 4.52 Å². The molecule has 0 heterocycles. The van der Waals surface area contributed by atoms with Gasteiger partial charge in [-0.15, -0.1) is 6.42 Å². The van der Waals surface area contributed by atoms with E-state index in [-0.39, 0.29) is 6.61 Å². The fraction of sp³-hybridized carbons (Fsp3) is 0.600. The Balaban J connectivity index is 3.85. The van der Waals surface area contributed by atoms with Crippen LogP contribution in [0.25, 0.3) is 0 Å². The Morgan fingerprint density at radius 2 is 2.00 bits per heavy atom. The van der Waals surface area contributed by atoms with Crippen LogP contribution in [-0.2, 0) is 25.4 Å². The molecule has 10 heavy (non-hydrogen) atoms. The molecule has 0 aromatic heterocycles. The predicted octanol–water partition coefficient (Wildman–Crippen LogP) is 1.15. The summed E-state index contributed by atoms with van der Waals surface area (Å²) in [5.74, 6) is 2.27. The Hall–Kier alpha value is 0.0900. The van der Waals surface area contributed by atoms with E-state index < -0.39 is 6.72 Å². The highest BCUT2D eigenvalue weighted by molar-refractivity contribution is 8.07. The Kier molecular flexibility index (Phi) is 4.88. The van der Waals surface area contributed by atoms with Crippen LogP contribution in [0.1, 0.15) is 0 Å². The van der Waals surface area contributed by atoms with E-state index in [9.17, 15) is 0 Å². The Bertz CT molecular complexity index is 166. The molecule has 0 aromatic carbocycles. The Morgan fingerprint density at radius 1 is 1.50 bits per heavy atom. The zero-order valence-corrected chi connectivity index (χ0v) is 7.58. The van der Waals surface area contributed by atoms with Gasteiger partial charge >= 0.3 is 6.72 Å². The Labute approximate surface area is 65.9 Å². The highest BCUT2D eigenvalue weighted by Gasteiger charge is 2.14. The summed E-state index contributed by atoms with van der Waals surface area (Å²) in [5, 5.41) is 0. The lowest BCUT2D eigenvalue weighted by Gasteiger charge is -2.14. The van der Waals surface area contributed by atoms with Gasteiger partial charge < -0.3 is 9.05 Å². The van der Waals surface area contributed by atoms with Crippen molar-refractivity contribution in [2.45, 2.75) is 0 Å². The molecule has 0 amide bonds. The molecule has 0 bridgehead atoms. The van der Waals surface area contributed by atoms with Crippen molar-refractivity contribution in [1.29, 1.82) is 0 Å². The molecule has 58 valence electrons. The van der Waals surface area contributed by atoms with Crippen LogP contribution in [0, 0.1) is 12.3 Å². The van der Waals surface area contributed by atoms with Crippen LogP contribution < -0.4 is 0 Å². The summed E-state index contributed by atoms with van der Waals surface area (Å²) in [6.07, 6.45) is 4.93. The molecule has 3 nitrogen and oxygen atoms in total. The van der Waals surface area contributed by atoms with Crippen molar-refractivity contribution in [2.24, 2.45) is 0 Å². The van der Waals surface area contributed by atoms with E-state index in [1.165, 1.54) is 14.2 Å². The first kappa shape index (κ1) is 10.1. The minimum Gasteiger partial charge on any atom is -0.312 e. The van der Waals surface area contributed by atoms with Crippen molar-refractivity contribution in [3.05, 3.63) is 0 Å². The van der Waals surface area contributed by atoms with E-state index >= 15 is 0 Å². The number of terminal acetylenes is 1. The van der Waals surface area contributed by atoms with Gasteiger partial charge in [-0.25, -0.2) is 0 Å². The van der Waals surface area contributed by atoms with Gasteiger partial charge in [0.25, 0.3) is 0 Å². The minimum atomic E-state index is -2.51. The molecule has 0 fully saturated rings. The fourth-order valence-corrected chi connectivity index (χ4v) is 1.05. The maximum Gasteiger partial charge on any atom is 0.327 e. The smallest absolute Gasteiger partial charge is 0.312 e. The third-order valence-electron chi connectivity index (χ3n) is 0.753. The van der Waals surface area contributed by atoms with Crippen LogP contribution in [0.4, 0.5) is 0 Å². The van der Waals surface area contributed by atoms with Crippen molar-refractivity contribution < 1.29 is 13.6 Å². The molecule has 5 heteroatoms. The molecule has 0 aliphatic carbocycles. The lowest BCUT2D eigenvalue weighted by Crippen LogP contribution is -1.94. The van der Waals surface area contributed by atoms with Gasteiger partial charge in [-0.2, -0.15) is 0 Å². The van der Waals surface area contributed by atoms with Gasteiger partial charge in [0.2, 0.25) is 0 Å². The molecule has 0 unspecified atom stereocenters. The molecular formula is C5H9O3PS. The van der Waals surface area contributed by atoms with Crippen LogP contribution in [0.15, 0.2) is 0 Å². The third kappa shape index (κ3) is 3.31. The molecule has 0 N–H and O–H groups in total. The number of hydrogen-bond donors (Lipinski definition) is 0. The molecule has 0 saturated heterocycles. The average Bonchev–Trinajstić information content (AvgIpc) is 2.00. The molecule has 0 spiro atoms. The van der Waals surface area contributed by atoms with Gasteiger partial charge in [-0.05, 0) is 11.8 Å². The lowest BCUT2D eigenvalue weighted by atomic mass is 10.8. The topological polar surface area (TPSA) is 27.7 Å². The monoisotopic (exact) mass is 180 g/mol. The molecule has 0 aliphatic heterocycles. The molecule has 0 rings (SSSR count). The van der Waals surface area contributed by atoms with E-state index in [1.807, 2.05) is 0 Å². The van der Waals surface area contributed by atoms with Gasteiger partial charge in [0.05, 0.1) is 0 Å². The average molecular weight is 180 g/mol. The predicted molar refractivity (Wildman–Crippen MR) is 43.1 cm³/mol. The summed E-state index contributed by atoms with van der Waals surface area (Å²) in [4.78, 5) is 0. The van der Waals surface area contributed by atoms with E-state index in [2.05, 4.69) is 5.92 Å². The fourth-order valence-electron chi connectivity index (χ4n) is 0.296. The first-order valence-electron chi connectivity index (χ1n) is 2.48. The van der Waals surface area contributed by atoms with Crippen LogP contribution >= 0.6 is 6.72 Å². The molecule has 0 aliphatic rings. The minimum absolute atomic E-state index is 0.124. The summed E-state index contributed by atoms with van der Waals surface area (Å²) in [5.41, 5.74) is 0. The van der Waals surface area contributed by atoms with Gasteiger partial charge in [0.1, 0.15) is 6.61 Å². The summed E-state index contributed by atoms with van der Waals surface area (Å²) in [6, 6.07) is 0. The second-order valence-corrected chi connectivity index (χ2v) is 4.51. The first-order chi connectivity index (χ1) is 4.68. The van der Waals surface area contributed by atoms with E-state index in [0.717, 1.165) is 0 Å². The van der Waals surface area contributed by atoms with Crippen LogP contribution in [0.2, 0.25) is 0 Å². The van der Waals surface area contributed by atoms with Crippen LogP contribution in [0.5, 0.6) is 0 Å². The second kappa shape index (κ2) is 4.84. The lowest BCUT2D eigenvalue weighted by molar-refractivity contribution is 0.221. The van der Waals surface area contributed by atoms with Gasteiger partial charge in [0, 0.05) is 14.2 Å². The Morgan fingerprint density at radius 3 is 2.30 bits per heavy atom. The molecule has 0 atom stereocenters. The maximum absolute atomic E-state index is 4.93. The van der Waals surface area contributed by atoms with Crippen LogP contribution in [0.3, 0.4) is 0 Å². The van der Waals surface area contributed by atoms with E-state index in [1.54, 1.807) is 0 Å². The molecular weight excluding hydrogens is 171 g/mol. The molecule has 0 radical (unpaired) electrons. The quantitative estimate of drug-likeness (QED) is 0.479. The van der Waals surface area contributed by atoms with Crippen molar-refractivity contribution in [1.82, 2.24) is 0 Å². The highest BCUT2D eigenvalue weighted by Crippen LogP contribution is 2.47. The second-order valence-electron chi connectivity index (χ2n) is 1.29. The van der Waals surface area contributed by atoms with Crippen molar-refractivity contribution in [3.63, 3.8) is 0 Å². The van der Waals surface area contributed by atoms with Crippen molar-refractivity contribution in [3.8, 4) is 12.3 Å². The van der Waals surface area contributed by atoms with Gasteiger partial charge in [-0.1, -0.05) is 5.92 Å². The highest BCUT2D eigenvalue weighted by atomic mass is 32.5. The molecule has 0 saturated carbocycles. The molecule has 0 aromatic rings. The third-order valence-corrected chi connectivity index (χ3v) is 3.30.